The number of hydrogen-bond donors (Lipinski definition) is 6. The molecule has 2 aromatic carbocycles. The van der Waals surface area contributed by atoms with E-state index in [4.69, 9.17) is 11.5 Å². The van der Waals surface area contributed by atoms with Crippen LogP contribution in [0.3, 0.4) is 0 Å². The fourth-order valence-electron chi connectivity index (χ4n) is 6.39. The lowest BCUT2D eigenvalue weighted by Crippen LogP contribution is -2.50. The molecule has 234 valence electrons. The van der Waals surface area contributed by atoms with Crippen LogP contribution in [0.2, 0.25) is 0 Å². The van der Waals surface area contributed by atoms with Gasteiger partial charge in [-0.15, -0.1) is 5.10 Å². The van der Waals surface area contributed by atoms with Crippen molar-refractivity contribution in [2.45, 2.75) is 51.6 Å². The fourth-order valence-corrected chi connectivity index (χ4v) is 6.39. The van der Waals surface area contributed by atoms with Crippen LogP contribution in [0.25, 0.3) is 5.65 Å². The van der Waals surface area contributed by atoms with E-state index in [0.29, 0.717) is 50.6 Å². The minimum absolute atomic E-state index is 0.00942. The topological polar surface area (TPSA) is 224 Å². The molecule has 3 fully saturated rings. The third-order valence-electron chi connectivity index (χ3n) is 9.36. The number of hydrogen-bond acceptors (Lipinski definition) is 10. The number of aliphatic carboxylic acids is 1. The first-order valence-electron chi connectivity index (χ1n) is 14.5. The van der Waals surface area contributed by atoms with Crippen LogP contribution in [0.4, 0.5) is 21.6 Å². The Labute approximate surface area is 254 Å². The summed E-state index contributed by atoms with van der Waals surface area (Å²) < 4.78 is 15.7. The van der Waals surface area contributed by atoms with Crippen molar-refractivity contribution in [1.29, 1.82) is 0 Å². The van der Waals surface area contributed by atoms with E-state index in [1.807, 2.05) is 0 Å². The second-order valence-electron chi connectivity index (χ2n) is 12.0. The van der Waals surface area contributed by atoms with Crippen LogP contribution in [0.15, 0.2) is 39.9 Å². The Bertz CT molecular complexity index is 1920. The molecule has 2 heterocycles. The minimum Gasteiger partial charge on any atom is -0.481 e. The highest BCUT2D eigenvalue weighted by Gasteiger charge is 2.52. The van der Waals surface area contributed by atoms with E-state index in [0.717, 1.165) is 0 Å². The SMILES string of the molecule is Nc1cc2nc(C(=O)NCc3ccc(F)c(CNc4c(N)c(=O)c4=O)c3)cc(C(=O)NCC34CCC(C(=O)O)(CC3)CC4)n2n1. The summed E-state index contributed by atoms with van der Waals surface area (Å²) in [5, 5.41) is 22.2. The highest BCUT2D eigenvalue weighted by atomic mass is 19.1. The lowest BCUT2D eigenvalue weighted by Gasteiger charge is -2.51. The number of amides is 2. The number of carboxylic acid groups (broad SMARTS) is 1. The van der Waals surface area contributed by atoms with Crippen LogP contribution in [-0.4, -0.2) is 44.0 Å². The second kappa shape index (κ2) is 11.0. The molecule has 0 unspecified atom stereocenters. The van der Waals surface area contributed by atoms with Crippen LogP contribution < -0.4 is 38.3 Å². The Morgan fingerprint density at radius 2 is 1.64 bits per heavy atom. The van der Waals surface area contributed by atoms with Gasteiger partial charge < -0.3 is 32.5 Å². The Morgan fingerprint density at radius 1 is 0.933 bits per heavy atom. The van der Waals surface area contributed by atoms with Gasteiger partial charge in [-0.2, -0.15) is 0 Å². The Hall–Kier alpha value is -5.34. The van der Waals surface area contributed by atoms with Crippen molar-refractivity contribution in [1.82, 2.24) is 25.2 Å². The summed E-state index contributed by atoms with van der Waals surface area (Å²) >= 11 is 0. The Morgan fingerprint density at radius 3 is 2.31 bits per heavy atom. The minimum atomic E-state index is -0.785. The van der Waals surface area contributed by atoms with E-state index >= 15 is 0 Å². The van der Waals surface area contributed by atoms with Gasteiger partial charge in [0.05, 0.1) is 5.41 Å². The zero-order valence-electron chi connectivity index (χ0n) is 24.1. The van der Waals surface area contributed by atoms with Crippen molar-refractivity contribution < 1.29 is 23.9 Å². The van der Waals surface area contributed by atoms with Gasteiger partial charge >= 0.3 is 5.97 Å². The van der Waals surface area contributed by atoms with E-state index in [1.165, 1.54) is 34.8 Å². The van der Waals surface area contributed by atoms with Crippen molar-refractivity contribution in [2.75, 3.05) is 23.3 Å². The van der Waals surface area contributed by atoms with Gasteiger partial charge in [-0.25, -0.2) is 13.9 Å². The largest absolute Gasteiger partial charge is 0.481 e. The normalized spacial score (nSPS) is 20.7. The zero-order chi connectivity index (χ0) is 32.1. The first kappa shape index (κ1) is 29.7. The van der Waals surface area contributed by atoms with Gasteiger partial charge in [0.1, 0.15) is 34.4 Å². The lowest BCUT2D eigenvalue weighted by atomic mass is 9.53. The molecule has 0 atom stereocenters. The molecule has 3 saturated carbocycles. The Kier molecular flexibility index (Phi) is 7.25. The summed E-state index contributed by atoms with van der Waals surface area (Å²) in [6, 6.07) is 6.93. The van der Waals surface area contributed by atoms with Gasteiger partial charge in [-0.05, 0) is 61.6 Å². The molecule has 2 bridgehead atoms. The van der Waals surface area contributed by atoms with Crippen LogP contribution in [0.1, 0.15) is 70.6 Å². The number of carbonyl (C=O) groups is 3. The number of fused-ring (bicyclic) bond motifs is 4. The van der Waals surface area contributed by atoms with E-state index in [-0.39, 0.29) is 58.3 Å². The standard InChI is InChI=1S/C30H31FN8O6/c31-17-2-1-15(9-16(17)13-34-23-22(33)24(40)25(23)41)12-35-26(42)18-10-19(39-21(37-18)11-20(32)38-39)27(43)36-14-29-3-6-30(7-4-29,8-5-29)28(44)45/h1-2,9-11,34H,3-8,12-14,33H2,(H2,32,38)(H,35,42)(H,36,43)(H,44,45). The number of aromatic nitrogens is 3. The highest BCUT2D eigenvalue weighted by molar-refractivity contribution is 5.98. The van der Waals surface area contributed by atoms with Crippen molar-refractivity contribution in [2.24, 2.45) is 10.8 Å². The highest BCUT2D eigenvalue weighted by Crippen LogP contribution is 2.56. The number of carboxylic acids is 1. The third-order valence-corrected chi connectivity index (χ3v) is 9.36. The smallest absolute Gasteiger partial charge is 0.309 e. The molecule has 0 spiro atoms. The number of nitrogen functional groups attached to an aromatic ring is 2. The first-order valence-corrected chi connectivity index (χ1v) is 14.5. The number of nitrogens with zero attached hydrogens (tertiary/aromatic N) is 3. The van der Waals surface area contributed by atoms with Crippen molar-refractivity contribution >= 4 is 40.6 Å². The van der Waals surface area contributed by atoms with E-state index in [9.17, 15) is 33.5 Å². The number of benzene rings is 1. The molecule has 3 aliphatic rings. The molecule has 2 amide bonds. The number of anilines is 3. The van der Waals surface area contributed by atoms with E-state index in [2.05, 4.69) is 26.0 Å². The summed E-state index contributed by atoms with van der Waals surface area (Å²) in [4.78, 5) is 65.6. The zero-order valence-corrected chi connectivity index (χ0v) is 24.1. The lowest BCUT2D eigenvalue weighted by molar-refractivity contribution is -0.158. The van der Waals surface area contributed by atoms with Gasteiger partial charge in [0.2, 0.25) is 0 Å². The molecule has 45 heavy (non-hydrogen) atoms. The molecule has 0 aliphatic heterocycles. The van der Waals surface area contributed by atoms with Crippen molar-refractivity contribution in [3.63, 3.8) is 0 Å². The fraction of sp³-hybridized carbons (Fsp3) is 0.367. The van der Waals surface area contributed by atoms with Gasteiger partial charge in [0.15, 0.2) is 5.65 Å². The monoisotopic (exact) mass is 618 g/mol. The number of rotatable bonds is 10. The molecule has 14 nitrogen and oxygen atoms in total. The van der Waals surface area contributed by atoms with Gasteiger partial charge in [-0.1, -0.05) is 6.07 Å². The molecule has 15 heteroatoms. The van der Waals surface area contributed by atoms with Crippen LogP contribution in [0.5, 0.6) is 0 Å². The van der Waals surface area contributed by atoms with Crippen LogP contribution in [0, 0.1) is 16.6 Å². The molecule has 0 radical (unpaired) electrons. The van der Waals surface area contributed by atoms with E-state index < -0.39 is 39.9 Å². The molecular formula is C30H31FN8O6. The molecule has 0 saturated heterocycles. The average molecular weight is 619 g/mol. The predicted octanol–water partition coefficient (Wildman–Crippen LogP) is 1.33. The summed E-state index contributed by atoms with van der Waals surface area (Å²) in [7, 11) is 0. The number of halogens is 1. The van der Waals surface area contributed by atoms with Crippen molar-refractivity contribution in [3.8, 4) is 0 Å². The molecule has 8 N–H and O–H groups in total. The van der Waals surface area contributed by atoms with Gasteiger partial charge in [0, 0.05) is 37.3 Å². The van der Waals surface area contributed by atoms with Gasteiger partial charge in [0.25, 0.3) is 22.7 Å². The maximum Gasteiger partial charge on any atom is 0.309 e. The summed E-state index contributed by atoms with van der Waals surface area (Å²) in [5.74, 6) is -2.28. The summed E-state index contributed by atoms with van der Waals surface area (Å²) in [6.45, 7) is 0.244. The molecular weight excluding hydrogens is 587 g/mol. The third kappa shape index (κ3) is 5.34. The van der Waals surface area contributed by atoms with E-state index in [1.54, 1.807) is 0 Å². The second-order valence-corrected chi connectivity index (χ2v) is 12.0. The van der Waals surface area contributed by atoms with Gasteiger partial charge in [-0.3, -0.25) is 24.0 Å². The average Bonchev–Trinajstić information content (AvgIpc) is 3.43. The summed E-state index contributed by atoms with van der Waals surface area (Å²) in [5.41, 5.74) is 9.65. The number of carbonyl (C=O) groups excluding carboxylic acids is 2. The number of nitrogens with two attached hydrogens (primary N) is 2. The number of nitrogens with one attached hydrogen (secondary N) is 3. The molecule has 2 aromatic heterocycles. The van der Waals surface area contributed by atoms with Crippen LogP contribution in [-0.2, 0) is 17.9 Å². The molecule has 4 aromatic rings. The maximum atomic E-state index is 14.4. The summed E-state index contributed by atoms with van der Waals surface area (Å²) in [6.07, 6.45) is 3.86. The van der Waals surface area contributed by atoms with Crippen molar-refractivity contribution in [3.05, 3.63) is 79.1 Å². The molecule has 3 aliphatic carbocycles. The maximum absolute atomic E-state index is 14.4. The predicted molar refractivity (Wildman–Crippen MR) is 161 cm³/mol. The Balaban J connectivity index is 1.13. The quantitative estimate of drug-likeness (QED) is 0.139. The molecule has 7 rings (SSSR count). The first-order chi connectivity index (χ1) is 21.4. The van der Waals surface area contributed by atoms with Crippen LogP contribution >= 0.6 is 0 Å².